The van der Waals surface area contributed by atoms with Crippen molar-refractivity contribution < 1.29 is 9.53 Å². The summed E-state index contributed by atoms with van der Waals surface area (Å²) in [5, 5.41) is 6.74. The molecule has 1 saturated carbocycles. The van der Waals surface area contributed by atoms with E-state index in [0.29, 0.717) is 31.4 Å². The maximum atomic E-state index is 12.1. The van der Waals surface area contributed by atoms with Crippen molar-refractivity contribution in [2.45, 2.75) is 25.5 Å². The van der Waals surface area contributed by atoms with Crippen LogP contribution in [0.4, 0.5) is 10.6 Å². The summed E-state index contributed by atoms with van der Waals surface area (Å²) in [6.45, 7) is 2.57. The fourth-order valence-electron chi connectivity index (χ4n) is 4.93. The lowest BCUT2D eigenvalue weighted by Crippen LogP contribution is -2.43. The number of carbonyl (C=O) groups excluding carboxylic acids is 1. The van der Waals surface area contributed by atoms with E-state index in [1.165, 1.54) is 6.33 Å². The van der Waals surface area contributed by atoms with Gasteiger partial charge in [-0.05, 0) is 44.5 Å². The number of fused-ring (bicyclic) bond motifs is 1. The molecule has 0 spiro atoms. The first-order valence-corrected chi connectivity index (χ1v) is 13.0. The second kappa shape index (κ2) is 11.5. The molecule has 0 aliphatic heterocycles. The van der Waals surface area contributed by atoms with Crippen LogP contribution in [0.3, 0.4) is 0 Å². The summed E-state index contributed by atoms with van der Waals surface area (Å²) < 4.78 is 8.46. The third kappa shape index (κ3) is 5.73. The Hall–Kier alpha value is -4.11. The number of nitrogens with zero attached hydrogens (tertiary/aromatic N) is 4. The van der Waals surface area contributed by atoms with Gasteiger partial charge in [-0.15, -0.1) is 0 Å². The topological polar surface area (TPSA) is 110 Å². The molecule has 0 saturated heterocycles. The van der Waals surface area contributed by atoms with Crippen molar-refractivity contribution in [2.75, 3.05) is 39.5 Å². The maximum Gasteiger partial charge on any atom is 0.314 e. The lowest BCUT2D eigenvalue weighted by molar-refractivity contribution is 0.192. The number of amides is 2. The van der Waals surface area contributed by atoms with Gasteiger partial charge in [0.1, 0.15) is 30.1 Å². The van der Waals surface area contributed by atoms with Crippen LogP contribution in [0.15, 0.2) is 67.1 Å². The Morgan fingerprint density at radius 1 is 1.05 bits per heavy atom. The number of hydrogen-bond acceptors (Lipinski definition) is 6. The van der Waals surface area contributed by atoms with Crippen molar-refractivity contribution in [1.82, 2.24) is 30.1 Å². The van der Waals surface area contributed by atoms with Gasteiger partial charge in [0.25, 0.3) is 0 Å². The van der Waals surface area contributed by atoms with Crippen LogP contribution < -0.4 is 21.1 Å². The minimum absolute atomic E-state index is 0.114. The Bertz CT molecular complexity index is 1380. The van der Waals surface area contributed by atoms with Gasteiger partial charge in [0.15, 0.2) is 0 Å². The minimum Gasteiger partial charge on any atom is -0.488 e. The molecule has 2 heterocycles. The van der Waals surface area contributed by atoms with E-state index in [1.807, 2.05) is 61.5 Å². The van der Waals surface area contributed by atoms with E-state index in [1.54, 1.807) is 0 Å². The molecule has 1 aliphatic rings. The summed E-state index contributed by atoms with van der Waals surface area (Å²) >= 11 is 0. The summed E-state index contributed by atoms with van der Waals surface area (Å²) in [6.07, 6.45) is 5.56. The van der Waals surface area contributed by atoms with Crippen LogP contribution >= 0.6 is 0 Å². The molecule has 38 heavy (non-hydrogen) atoms. The highest BCUT2D eigenvalue weighted by atomic mass is 16.5. The van der Waals surface area contributed by atoms with Crippen molar-refractivity contribution in [3.05, 3.63) is 72.7 Å². The normalized spacial score (nSPS) is 16.8. The molecule has 1 fully saturated rings. The van der Waals surface area contributed by atoms with Crippen LogP contribution in [0.5, 0.6) is 5.75 Å². The van der Waals surface area contributed by atoms with E-state index in [9.17, 15) is 4.79 Å². The molecule has 0 radical (unpaired) electrons. The zero-order valence-corrected chi connectivity index (χ0v) is 21.9. The average Bonchev–Trinajstić information content (AvgIpc) is 3.27. The molecular formula is C29H35N7O2. The third-order valence-corrected chi connectivity index (χ3v) is 7.05. The van der Waals surface area contributed by atoms with Crippen molar-refractivity contribution in [3.8, 4) is 16.9 Å². The van der Waals surface area contributed by atoms with Gasteiger partial charge >= 0.3 is 6.03 Å². The highest BCUT2D eigenvalue weighted by Gasteiger charge is 2.33. The Morgan fingerprint density at radius 3 is 2.61 bits per heavy atom. The third-order valence-electron chi connectivity index (χ3n) is 7.05. The van der Waals surface area contributed by atoms with Gasteiger partial charge in [0.2, 0.25) is 0 Å². The molecule has 198 valence electrons. The van der Waals surface area contributed by atoms with Crippen molar-refractivity contribution in [2.24, 2.45) is 5.92 Å². The second-order valence-electron chi connectivity index (χ2n) is 10.1. The molecule has 4 aromatic rings. The van der Waals surface area contributed by atoms with E-state index >= 15 is 0 Å². The van der Waals surface area contributed by atoms with E-state index in [4.69, 9.17) is 10.5 Å². The summed E-state index contributed by atoms with van der Waals surface area (Å²) in [4.78, 5) is 23.0. The quantitative estimate of drug-likeness (QED) is 0.295. The zero-order valence-electron chi connectivity index (χ0n) is 21.9. The summed E-state index contributed by atoms with van der Waals surface area (Å²) in [5.41, 5.74) is 10.2. The fourth-order valence-corrected chi connectivity index (χ4v) is 4.93. The fraction of sp³-hybridized carbons (Fsp3) is 0.345. The minimum atomic E-state index is -0.114. The number of aromatic nitrogens is 3. The number of carbonyl (C=O) groups is 1. The number of nitrogen functional groups attached to an aromatic ring is 1. The van der Waals surface area contributed by atoms with E-state index in [0.717, 1.165) is 52.9 Å². The number of anilines is 1. The van der Waals surface area contributed by atoms with Crippen LogP contribution in [0.1, 0.15) is 24.4 Å². The molecule has 9 heteroatoms. The average molecular weight is 514 g/mol. The van der Waals surface area contributed by atoms with Crippen LogP contribution in [0.25, 0.3) is 22.2 Å². The van der Waals surface area contributed by atoms with Gasteiger partial charge in [-0.1, -0.05) is 48.5 Å². The Balaban J connectivity index is 1.31. The first-order chi connectivity index (χ1) is 18.5. The second-order valence-corrected chi connectivity index (χ2v) is 10.1. The molecule has 1 aliphatic carbocycles. The standard InChI is InChI=1S/C29H35N7O2/c1-35(2)13-12-31-29(37)32-16-21-14-22(15-21)36-17-24(26-27(30)33-19-34-28(26)36)23-10-6-7-11-25(23)38-18-20-8-4-3-5-9-20/h3-11,17,19,21-22H,12-16,18H2,1-2H3,(H2,30,33,34)(H2,31,32,37). The van der Waals surface area contributed by atoms with Crippen LogP contribution in [0, 0.1) is 5.92 Å². The van der Waals surface area contributed by atoms with Gasteiger partial charge < -0.3 is 30.6 Å². The predicted octanol–water partition coefficient (Wildman–Crippen LogP) is 4.07. The number of hydrogen-bond donors (Lipinski definition) is 3. The van der Waals surface area contributed by atoms with Crippen LogP contribution in [-0.4, -0.2) is 59.2 Å². The molecule has 2 aromatic heterocycles. The van der Waals surface area contributed by atoms with Crippen molar-refractivity contribution in [3.63, 3.8) is 0 Å². The predicted molar refractivity (Wildman–Crippen MR) is 150 cm³/mol. The monoisotopic (exact) mass is 513 g/mol. The van der Waals surface area contributed by atoms with Gasteiger partial charge in [0, 0.05) is 43.0 Å². The molecule has 0 unspecified atom stereocenters. The summed E-state index contributed by atoms with van der Waals surface area (Å²) in [7, 11) is 3.97. The molecular weight excluding hydrogens is 478 g/mol. The number of ether oxygens (including phenoxy) is 1. The number of para-hydroxylation sites is 1. The van der Waals surface area contributed by atoms with E-state index < -0.39 is 0 Å². The SMILES string of the molecule is CN(C)CCNC(=O)NCC1CC(n2cc(-c3ccccc3OCc3ccccc3)c3c(N)ncnc32)C1. The number of benzene rings is 2. The molecule has 0 bridgehead atoms. The number of nitrogens with one attached hydrogen (secondary N) is 2. The van der Waals surface area contributed by atoms with Gasteiger partial charge in [-0.25, -0.2) is 14.8 Å². The first kappa shape index (κ1) is 25.5. The number of nitrogens with two attached hydrogens (primary N) is 1. The highest BCUT2D eigenvalue weighted by Crippen LogP contribution is 2.44. The lowest BCUT2D eigenvalue weighted by Gasteiger charge is -2.36. The number of likely N-dealkylation sites (N-methyl/N-ethyl adjacent to an activating group) is 1. The largest absolute Gasteiger partial charge is 0.488 e. The number of rotatable bonds is 10. The zero-order chi connectivity index (χ0) is 26.5. The van der Waals surface area contributed by atoms with Crippen LogP contribution in [-0.2, 0) is 6.61 Å². The molecule has 0 atom stereocenters. The van der Waals surface area contributed by atoms with Gasteiger partial charge in [-0.2, -0.15) is 0 Å². The van der Waals surface area contributed by atoms with Gasteiger partial charge in [0.05, 0.1) is 5.39 Å². The number of urea groups is 1. The van der Waals surface area contributed by atoms with Gasteiger partial charge in [-0.3, -0.25) is 0 Å². The first-order valence-electron chi connectivity index (χ1n) is 13.0. The smallest absolute Gasteiger partial charge is 0.314 e. The molecule has 5 rings (SSSR count). The molecule has 4 N–H and O–H groups in total. The Kier molecular flexibility index (Phi) is 7.74. The van der Waals surface area contributed by atoms with E-state index in [2.05, 4.69) is 43.5 Å². The summed E-state index contributed by atoms with van der Waals surface area (Å²) in [5.74, 6) is 1.66. The molecule has 2 amide bonds. The Morgan fingerprint density at radius 2 is 1.82 bits per heavy atom. The lowest BCUT2D eigenvalue weighted by atomic mass is 9.80. The van der Waals surface area contributed by atoms with Crippen molar-refractivity contribution in [1.29, 1.82) is 0 Å². The Labute approximate surface area is 223 Å². The van der Waals surface area contributed by atoms with Crippen LogP contribution in [0.2, 0.25) is 0 Å². The summed E-state index contributed by atoms with van der Waals surface area (Å²) in [6, 6.07) is 18.3. The highest BCUT2D eigenvalue weighted by molar-refractivity contribution is 6.01. The molecule has 9 nitrogen and oxygen atoms in total. The molecule has 2 aromatic carbocycles. The maximum absolute atomic E-state index is 12.1. The van der Waals surface area contributed by atoms with Crippen molar-refractivity contribution >= 4 is 22.9 Å². The van der Waals surface area contributed by atoms with E-state index in [-0.39, 0.29) is 12.1 Å².